The van der Waals surface area contributed by atoms with E-state index >= 15 is 0 Å². The van der Waals surface area contributed by atoms with Crippen LogP contribution in [0, 0.1) is 6.92 Å². The van der Waals surface area contributed by atoms with Crippen LogP contribution in [0.25, 0.3) is 11.1 Å². The molecule has 0 fully saturated rings. The third kappa shape index (κ3) is 3.52. The molecule has 0 aliphatic rings. The molecule has 0 saturated carbocycles. The number of anilines is 1. The zero-order valence-corrected chi connectivity index (χ0v) is 13.4. The molecule has 0 radical (unpaired) electrons. The zero-order chi connectivity index (χ0) is 16.1. The average molecular weight is 317 g/mol. The van der Waals surface area contributed by atoms with E-state index in [9.17, 15) is 9.59 Å². The number of benzene rings is 1. The highest BCUT2D eigenvalue weighted by molar-refractivity contribution is 7.17. The molecule has 1 aromatic carbocycles. The number of carbonyl (C=O) groups is 2. The van der Waals surface area contributed by atoms with Crippen LogP contribution >= 0.6 is 11.3 Å². The molecule has 116 valence electrons. The van der Waals surface area contributed by atoms with Crippen LogP contribution in [0.1, 0.15) is 22.2 Å². The fourth-order valence-electron chi connectivity index (χ4n) is 2.24. The van der Waals surface area contributed by atoms with Gasteiger partial charge in [-0.15, -0.1) is 11.3 Å². The van der Waals surface area contributed by atoms with Crippen LogP contribution < -0.4 is 16.4 Å². The number of hydrogen-bond acceptors (Lipinski definition) is 4. The van der Waals surface area contributed by atoms with E-state index in [4.69, 9.17) is 5.73 Å². The predicted octanol–water partition coefficient (Wildman–Crippen LogP) is 2.37. The largest absolute Gasteiger partial charge is 0.351 e. The quantitative estimate of drug-likeness (QED) is 0.791. The van der Waals surface area contributed by atoms with E-state index in [1.54, 1.807) is 0 Å². The van der Waals surface area contributed by atoms with Crippen molar-refractivity contribution in [3.63, 3.8) is 0 Å². The van der Waals surface area contributed by atoms with Gasteiger partial charge in [-0.2, -0.15) is 0 Å². The minimum absolute atomic E-state index is 0.200. The highest BCUT2D eigenvalue weighted by Gasteiger charge is 2.23. The van der Waals surface area contributed by atoms with Crippen molar-refractivity contribution in [2.75, 3.05) is 18.4 Å². The van der Waals surface area contributed by atoms with Crippen LogP contribution in [-0.2, 0) is 4.79 Å². The standard InChI is InChI=1S/C16H19N3O2S/c1-10-13(12-6-4-3-5-7-12)14(15(21)18-9-8-17)16(22-10)19-11(2)20/h3-7H,8-9,17H2,1-2H3,(H,18,21)(H,19,20). The van der Waals surface area contributed by atoms with Gasteiger partial charge in [0.05, 0.1) is 5.56 Å². The van der Waals surface area contributed by atoms with Crippen molar-refractivity contribution in [1.29, 1.82) is 0 Å². The maximum absolute atomic E-state index is 12.5. The van der Waals surface area contributed by atoms with Crippen LogP contribution in [0.15, 0.2) is 30.3 Å². The predicted molar refractivity (Wildman–Crippen MR) is 90.2 cm³/mol. The van der Waals surface area contributed by atoms with Gasteiger partial charge in [0.1, 0.15) is 5.00 Å². The second-order valence-electron chi connectivity index (χ2n) is 4.83. The minimum atomic E-state index is -0.225. The summed E-state index contributed by atoms with van der Waals surface area (Å²) in [5.41, 5.74) is 7.74. The van der Waals surface area contributed by atoms with Crippen LogP contribution in [0.2, 0.25) is 0 Å². The number of aryl methyl sites for hydroxylation is 1. The molecule has 4 N–H and O–H groups in total. The fraction of sp³-hybridized carbons (Fsp3) is 0.250. The molecule has 1 aromatic heterocycles. The summed E-state index contributed by atoms with van der Waals surface area (Å²) in [5.74, 6) is -0.425. The maximum Gasteiger partial charge on any atom is 0.254 e. The molecular weight excluding hydrogens is 298 g/mol. The van der Waals surface area contributed by atoms with E-state index in [1.165, 1.54) is 18.3 Å². The summed E-state index contributed by atoms with van der Waals surface area (Å²) in [6, 6.07) is 9.67. The van der Waals surface area contributed by atoms with E-state index in [-0.39, 0.29) is 11.8 Å². The summed E-state index contributed by atoms with van der Waals surface area (Å²) in [5, 5.41) is 6.09. The zero-order valence-electron chi connectivity index (χ0n) is 12.6. The Kier molecular flexibility index (Phi) is 5.30. The first-order chi connectivity index (χ1) is 10.5. The Morgan fingerprint density at radius 1 is 1.23 bits per heavy atom. The van der Waals surface area contributed by atoms with Crippen molar-refractivity contribution >= 4 is 28.2 Å². The van der Waals surface area contributed by atoms with Crippen molar-refractivity contribution in [2.24, 2.45) is 5.73 Å². The van der Waals surface area contributed by atoms with Crippen molar-refractivity contribution < 1.29 is 9.59 Å². The van der Waals surface area contributed by atoms with Crippen LogP contribution in [0.3, 0.4) is 0 Å². The summed E-state index contributed by atoms with van der Waals surface area (Å²) in [7, 11) is 0. The number of thiophene rings is 1. The summed E-state index contributed by atoms with van der Waals surface area (Å²) in [6.07, 6.45) is 0. The Balaban J connectivity index is 2.54. The Labute approximate surface area is 133 Å². The third-order valence-electron chi connectivity index (χ3n) is 3.09. The molecule has 0 saturated heterocycles. The highest BCUT2D eigenvalue weighted by atomic mass is 32.1. The average Bonchev–Trinajstić information content (AvgIpc) is 2.81. The SMILES string of the molecule is CC(=O)Nc1sc(C)c(-c2ccccc2)c1C(=O)NCCN. The molecule has 0 spiro atoms. The lowest BCUT2D eigenvalue weighted by atomic mass is 10.0. The Morgan fingerprint density at radius 2 is 1.91 bits per heavy atom. The molecule has 1 heterocycles. The maximum atomic E-state index is 12.5. The van der Waals surface area contributed by atoms with Gasteiger partial charge in [0.2, 0.25) is 5.91 Å². The lowest BCUT2D eigenvalue weighted by Crippen LogP contribution is -2.29. The van der Waals surface area contributed by atoms with E-state index in [2.05, 4.69) is 10.6 Å². The molecule has 6 heteroatoms. The van der Waals surface area contributed by atoms with Gasteiger partial charge < -0.3 is 16.4 Å². The van der Waals surface area contributed by atoms with Gasteiger partial charge in [-0.3, -0.25) is 9.59 Å². The molecule has 2 aromatic rings. The van der Waals surface area contributed by atoms with Gasteiger partial charge in [0, 0.05) is 30.5 Å². The van der Waals surface area contributed by atoms with Crippen molar-refractivity contribution in [3.05, 3.63) is 40.8 Å². The lowest BCUT2D eigenvalue weighted by molar-refractivity contribution is -0.114. The smallest absolute Gasteiger partial charge is 0.254 e. The van der Waals surface area contributed by atoms with E-state index in [0.717, 1.165) is 16.0 Å². The molecule has 0 aliphatic heterocycles. The lowest BCUT2D eigenvalue weighted by Gasteiger charge is -2.09. The van der Waals surface area contributed by atoms with Crippen molar-refractivity contribution in [1.82, 2.24) is 5.32 Å². The van der Waals surface area contributed by atoms with Crippen LogP contribution in [0.5, 0.6) is 0 Å². The monoisotopic (exact) mass is 317 g/mol. The van der Waals surface area contributed by atoms with Gasteiger partial charge in [0.15, 0.2) is 0 Å². The van der Waals surface area contributed by atoms with E-state index in [0.29, 0.717) is 23.7 Å². The molecule has 0 unspecified atom stereocenters. The molecule has 0 aliphatic carbocycles. The van der Waals surface area contributed by atoms with Crippen molar-refractivity contribution in [3.8, 4) is 11.1 Å². The first kappa shape index (κ1) is 16.2. The first-order valence-electron chi connectivity index (χ1n) is 6.99. The number of nitrogens with one attached hydrogen (secondary N) is 2. The van der Waals surface area contributed by atoms with Crippen LogP contribution in [-0.4, -0.2) is 24.9 Å². The second-order valence-corrected chi connectivity index (χ2v) is 6.05. The number of carbonyl (C=O) groups excluding carboxylic acids is 2. The van der Waals surface area contributed by atoms with Gasteiger partial charge in [-0.05, 0) is 12.5 Å². The number of hydrogen-bond donors (Lipinski definition) is 3. The van der Waals surface area contributed by atoms with Crippen molar-refractivity contribution in [2.45, 2.75) is 13.8 Å². The summed E-state index contributed by atoms with van der Waals surface area (Å²) in [4.78, 5) is 24.9. The molecule has 2 amide bonds. The third-order valence-corrected chi connectivity index (χ3v) is 4.11. The second kappa shape index (κ2) is 7.20. The Bertz CT molecular complexity index is 680. The summed E-state index contributed by atoms with van der Waals surface area (Å²) < 4.78 is 0. The molecule has 2 rings (SSSR count). The fourth-order valence-corrected chi connectivity index (χ4v) is 3.36. The normalized spacial score (nSPS) is 10.3. The Hall–Kier alpha value is -2.18. The van der Waals surface area contributed by atoms with E-state index in [1.807, 2.05) is 37.3 Å². The number of rotatable bonds is 5. The first-order valence-corrected chi connectivity index (χ1v) is 7.81. The van der Waals surface area contributed by atoms with Gasteiger partial charge in [0.25, 0.3) is 5.91 Å². The summed E-state index contributed by atoms with van der Waals surface area (Å²) in [6.45, 7) is 4.13. The molecule has 22 heavy (non-hydrogen) atoms. The highest BCUT2D eigenvalue weighted by Crippen LogP contribution is 2.39. The topological polar surface area (TPSA) is 84.2 Å². The number of nitrogens with two attached hydrogens (primary N) is 1. The molecule has 0 atom stereocenters. The summed E-state index contributed by atoms with van der Waals surface area (Å²) >= 11 is 1.40. The minimum Gasteiger partial charge on any atom is -0.351 e. The Morgan fingerprint density at radius 3 is 2.50 bits per heavy atom. The molecule has 5 nitrogen and oxygen atoms in total. The van der Waals surface area contributed by atoms with Gasteiger partial charge in [-0.25, -0.2) is 0 Å². The van der Waals surface area contributed by atoms with E-state index < -0.39 is 0 Å². The molecular formula is C16H19N3O2S. The number of amides is 2. The van der Waals surface area contributed by atoms with Crippen LogP contribution in [0.4, 0.5) is 5.00 Å². The van der Waals surface area contributed by atoms with Gasteiger partial charge in [-0.1, -0.05) is 30.3 Å². The van der Waals surface area contributed by atoms with Gasteiger partial charge >= 0.3 is 0 Å². The molecule has 0 bridgehead atoms.